The van der Waals surface area contributed by atoms with Crippen molar-refractivity contribution in [2.75, 3.05) is 6.73 Å². The molecule has 1 aliphatic heterocycles. The second-order valence-electron chi connectivity index (χ2n) is 7.98. The summed E-state index contributed by atoms with van der Waals surface area (Å²) in [5.74, 6) is 0.816. The van der Waals surface area contributed by atoms with E-state index in [1.165, 1.54) is 17.5 Å². The zero-order valence-corrected chi connectivity index (χ0v) is 16.1. The lowest BCUT2D eigenvalue weighted by Crippen LogP contribution is -2.37. The largest absolute Gasteiger partial charge is 0.478 e. The van der Waals surface area contributed by atoms with E-state index in [1.807, 2.05) is 36.4 Å². The highest BCUT2D eigenvalue weighted by Crippen LogP contribution is 2.40. The predicted molar refractivity (Wildman–Crippen MR) is 113 cm³/mol. The number of ether oxygens (including phenoxy) is 1. The minimum Gasteiger partial charge on any atom is -0.478 e. The van der Waals surface area contributed by atoms with Crippen molar-refractivity contribution in [3.8, 4) is 5.75 Å². The van der Waals surface area contributed by atoms with Crippen LogP contribution in [0, 0.1) is 0 Å². The van der Waals surface area contributed by atoms with Crippen molar-refractivity contribution in [3.63, 3.8) is 0 Å². The Morgan fingerprint density at radius 3 is 2.66 bits per heavy atom. The van der Waals surface area contributed by atoms with Gasteiger partial charge in [0.2, 0.25) is 0 Å². The molecule has 0 spiro atoms. The molecule has 144 valence electrons. The molecule has 0 bridgehead atoms. The third-order valence-electron chi connectivity index (χ3n) is 6.38. The highest BCUT2D eigenvalue weighted by Gasteiger charge is 2.30. The Bertz CT molecular complexity index is 1310. The van der Waals surface area contributed by atoms with E-state index in [0.29, 0.717) is 30.3 Å². The first-order valence-corrected chi connectivity index (χ1v) is 10.2. The first-order chi connectivity index (χ1) is 14.3. The molecule has 1 atom stereocenters. The van der Waals surface area contributed by atoms with Crippen LogP contribution in [-0.2, 0) is 13.0 Å². The van der Waals surface area contributed by atoms with E-state index in [0.717, 1.165) is 34.9 Å². The lowest BCUT2D eigenvalue weighted by molar-refractivity contribution is 0.0482. The molecule has 2 aliphatic rings. The Labute approximate surface area is 168 Å². The molecule has 3 aromatic carbocycles. The Morgan fingerprint density at radius 2 is 1.72 bits per heavy atom. The summed E-state index contributed by atoms with van der Waals surface area (Å²) < 4.78 is 11.9. The molecule has 0 saturated heterocycles. The third kappa shape index (κ3) is 2.60. The summed E-state index contributed by atoms with van der Waals surface area (Å²) in [4.78, 5) is 15.0. The molecule has 4 nitrogen and oxygen atoms in total. The molecule has 1 aromatic heterocycles. The molecule has 0 amide bonds. The lowest BCUT2D eigenvalue weighted by Gasteiger charge is -2.38. The maximum Gasteiger partial charge on any atom is 0.344 e. The number of aryl methyl sites for hydroxylation is 1. The molecule has 1 aliphatic carbocycles. The van der Waals surface area contributed by atoms with Crippen molar-refractivity contribution < 1.29 is 9.15 Å². The Hall–Kier alpha value is -3.11. The maximum absolute atomic E-state index is 12.6. The van der Waals surface area contributed by atoms with Gasteiger partial charge in [0.25, 0.3) is 0 Å². The van der Waals surface area contributed by atoms with Crippen LogP contribution < -0.4 is 10.4 Å². The molecule has 6 rings (SSSR count). The minimum absolute atomic E-state index is 0.290. The Balaban J connectivity index is 1.48. The van der Waals surface area contributed by atoms with Gasteiger partial charge in [0.05, 0.1) is 10.9 Å². The van der Waals surface area contributed by atoms with Crippen LogP contribution in [0.5, 0.6) is 5.75 Å². The predicted octanol–water partition coefficient (Wildman–Crippen LogP) is 5.18. The van der Waals surface area contributed by atoms with Gasteiger partial charge in [-0.05, 0) is 54.0 Å². The number of hydrogen-bond donors (Lipinski definition) is 0. The van der Waals surface area contributed by atoms with Crippen molar-refractivity contribution in [1.82, 2.24) is 4.90 Å². The standard InChI is InChI=1S/C25H21NO3/c27-25-20-10-4-3-9-18(20)19-12-13-23-21(24(19)29-25)14-26(15-28-23)22-11-5-7-16-6-1-2-8-17(16)22/h1-4,6,8-10,12-13,22H,5,7,11,14-15H2. The molecule has 0 N–H and O–H groups in total. The number of benzene rings is 3. The van der Waals surface area contributed by atoms with Crippen LogP contribution in [0.3, 0.4) is 0 Å². The van der Waals surface area contributed by atoms with Gasteiger partial charge in [-0.2, -0.15) is 0 Å². The Morgan fingerprint density at radius 1 is 0.897 bits per heavy atom. The Kier molecular flexibility index (Phi) is 3.74. The van der Waals surface area contributed by atoms with Crippen molar-refractivity contribution in [2.24, 2.45) is 0 Å². The summed E-state index contributed by atoms with van der Waals surface area (Å²) in [7, 11) is 0. The molecule has 29 heavy (non-hydrogen) atoms. The minimum atomic E-state index is -0.290. The van der Waals surface area contributed by atoms with Gasteiger partial charge >= 0.3 is 5.63 Å². The van der Waals surface area contributed by atoms with E-state index in [-0.39, 0.29) is 5.63 Å². The molecule has 4 heteroatoms. The maximum atomic E-state index is 12.6. The van der Waals surface area contributed by atoms with Crippen molar-refractivity contribution in [3.05, 3.63) is 87.8 Å². The van der Waals surface area contributed by atoms with Gasteiger partial charge in [-0.3, -0.25) is 4.90 Å². The van der Waals surface area contributed by atoms with Gasteiger partial charge in [0.15, 0.2) is 0 Å². The lowest BCUT2D eigenvalue weighted by atomic mass is 9.86. The summed E-state index contributed by atoms with van der Waals surface area (Å²) >= 11 is 0. The SMILES string of the molecule is O=c1oc2c3c(ccc2c2ccccc12)OCN(C1CCCc2ccccc21)C3. The van der Waals surface area contributed by atoms with Gasteiger partial charge in [0.1, 0.15) is 18.1 Å². The fourth-order valence-electron chi connectivity index (χ4n) is 4.98. The average molecular weight is 383 g/mol. The number of rotatable bonds is 1. The first kappa shape index (κ1) is 16.8. The fraction of sp³-hybridized carbons (Fsp3) is 0.240. The highest BCUT2D eigenvalue weighted by molar-refractivity contribution is 6.05. The summed E-state index contributed by atoms with van der Waals surface area (Å²) in [5, 5.41) is 2.52. The van der Waals surface area contributed by atoms with Gasteiger partial charge < -0.3 is 9.15 Å². The summed E-state index contributed by atoms with van der Waals surface area (Å²) in [6.07, 6.45) is 3.44. The topological polar surface area (TPSA) is 42.7 Å². The van der Waals surface area contributed by atoms with E-state index in [9.17, 15) is 4.79 Å². The van der Waals surface area contributed by atoms with Crippen LogP contribution in [0.15, 0.2) is 69.9 Å². The van der Waals surface area contributed by atoms with Crippen molar-refractivity contribution in [1.29, 1.82) is 0 Å². The molecular weight excluding hydrogens is 362 g/mol. The van der Waals surface area contributed by atoms with Crippen LogP contribution in [0.2, 0.25) is 0 Å². The smallest absolute Gasteiger partial charge is 0.344 e. The molecule has 0 radical (unpaired) electrons. The van der Waals surface area contributed by atoms with Crippen LogP contribution in [0.25, 0.3) is 21.7 Å². The van der Waals surface area contributed by atoms with Gasteiger partial charge in [0, 0.05) is 18.0 Å². The summed E-state index contributed by atoms with van der Waals surface area (Å²) in [5.41, 5.74) is 4.17. The van der Waals surface area contributed by atoms with E-state index >= 15 is 0 Å². The number of hydrogen-bond acceptors (Lipinski definition) is 4. The van der Waals surface area contributed by atoms with E-state index in [2.05, 4.69) is 29.2 Å². The van der Waals surface area contributed by atoms with Crippen LogP contribution in [-0.4, -0.2) is 11.6 Å². The van der Waals surface area contributed by atoms with Gasteiger partial charge in [-0.25, -0.2) is 4.79 Å². The second-order valence-corrected chi connectivity index (χ2v) is 7.98. The average Bonchev–Trinajstić information content (AvgIpc) is 2.78. The summed E-state index contributed by atoms with van der Waals surface area (Å²) in [6.45, 7) is 1.27. The second kappa shape index (κ2) is 6.46. The molecule has 0 fully saturated rings. The van der Waals surface area contributed by atoms with Crippen LogP contribution in [0.1, 0.15) is 35.6 Å². The number of nitrogens with zero attached hydrogens (tertiary/aromatic N) is 1. The number of fused-ring (bicyclic) bond motifs is 6. The molecule has 2 heterocycles. The molecule has 4 aromatic rings. The monoisotopic (exact) mass is 383 g/mol. The highest BCUT2D eigenvalue weighted by atomic mass is 16.5. The van der Waals surface area contributed by atoms with Gasteiger partial charge in [-0.15, -0.1) is 0 Å². The molecular formula is C25H21NO3. The van der Waals surface area contributed by atoms with E-state index in [1.54, 1.807) is 0 Å². The molecule has 1 unspecified atom stereocenters. The zero-order chi connectivity index (χ0) is 19.4. The van der Waals surface area contributed by atoms with Crippen molar-refractivity contribution in [2.45, 2.75) is 31.8 Å². The zero-order valence-electron chi connectivity index (χ0n) is 16.1. The molecule has 0 saturated carbocycles. The first-order valence-electron chi connectivity index (χ1n) is 10.2. The third-order valence-corrected chi connectivity index (χ3v) is 6.38. The van der Waals surface area contributed by atoms with Crippen LogP contribution >= 0.6 is 0 Å². The van der Waals surface area contributed by atoms with E-state index < -0.39 is 0 Å². The summed E-state index contributed by atoms with van der Waals surface area (Å²) in [6, 6.07) is 20.7. The fourth-order valence-corrected chi connectivity index (χ4v) is 4.98. The normalized spacial score (nSPS) is 19.0. The van der Waals surface area contributed by atoms with Crippen LogP contribution in [0.4, 0.5) is 0 Å². The quantitative estimate of drug-likeness (QED) is 0.336. The van der Waals surface area contributed by atoms with Crippen molar-refractivity contribution >= 4 is 21.7 Å². The van der Waals surface area contributed by atoms with Gasteiger partial charge in [-0.1, -0.05) is 42.5 Å². The van der Waals surface area contributed by atoms with E-state index in [4.69, 9.17) is 9.15 Å².